The van der Waals surface area contributed by atoms with E-state index in [4.69, 9.17) is 0 Å². The van der Waals surface area contributed by atoms with E-state index in [2.05, 4.69) is 10.3 Å². The second-order valence-corrected chi connectivity index (χ2v) is 13.3. The lowest BCUT2D eigenvalue weighted by Gasteiger charge is -2.37. The molecule has 3 N–H and O–H groups in total. The lowest BCUT2D eigenvalue weighted by molar-refractivity contribution is 0.0551. The highest BCUT2D eigenvalue weighted by Gasteiger charge is 2.30. The van der Waals surface area contributed by atoms with Crippen LogP contribution in [-0.2, 0) is 33.4 Å². The molecule has 0 spiro atoms. The van der Waals surface area contributed by atoms with Crippen LogP contribution in [-0.4, -0.2) is 42.7 Å². The minimum atomic E-state index is -0.324. The van der Waals surface area contributed by atoms with Gasteiger partial charge in [-0.15, -0.1) is 0 Å². The zero-order chi connectivity index (χ0) is 35.0. The first-order valence-corrected chi connectivity index (χ1v) is 17.3. The van der Waals surface area contributed by atoms with Crippen molar-refractivity contribution in [3.8, 4) is 22.3 Å². The van der Waals surface area contributed by atoms with Crippen LogP contribution in [0.25, 0.3) is 22.3 Å². The molecule has 7 rings (SSSR count). The smallest absolute Gasteiger partial charge is 0.274 e. The Balaban J connectivity index is 0.000000182. The fraction of sp³-hybridized carbons (Fsp3) is 0.317. The number of nitrogens with one attached hydrogen (secondary N) is 1. The van der Waals surface area contributed by atoms with E-state index in [0.717, 1.165) is 53.6 Å². The van der Waals surface area contributed by atoms with Gasteiger partial charge < -0.3 is 25.0 Å². The Morgan fingerprint density at radius 3 is 1.88 bits per heavy atom. The number of aliphatic hydroxyl groups excluding tert-OH is 2. The number of hydrogen-bond acceptors (Lipinski definition) is 5. The molecule has 5 aromatic rings. The SMILES string of the molecule is Cn1cnc(C(=O)N(Cc2ccc(F)c(-c3cccc(CO)c3)c2)C2CCC2)c1.OCc1cccc(-c2cc(CNC3CCC3)ccc2F)c1. The van der Waals surface area contributed by atoms with Gasteiger partial charge in [0, 0.05) is 49.5 Å². The Morgan fingerprint density at radius 2 is 1.38 bits per heavy atom. The van der Waals surface area contributed by atoms with Crippen molar-refractivity contribution in [1.82, 2.24) is 19.8 Å². The number of imidazole rings is 1. The van der Waals surface area contributed by atoms with Crippen LogP contribution in [0.5, 0.6) is 0 Å². The summed E-state index contributed by atoms with van der Waals surface area (Å²) >= 11 is 0. The van der Waals surface area contributed by atoms with Crippen LogP contribution in [0.1, 0.15) is 71.3 Å². The third kappa shape index (κ3) is 8.53. The number of amides is 1. The van der Waals surface area contributed by atoms with Crippen LogP contribution in [0.4, 0.5) is 8.78 Å². The molecule has 1 heterocycles. The fourth-order valence-electron chi connectivity index (χ4n) is 6.28. The lowest BCUT2D eigenvalue weighted by Crippen LogP contribution is -2.43. The van der Waals surface area contributed by atoms with Crippen molar-refractivity contribution < 1.29 is 23.8 Å². The monoisotopic (exact) mass is 678 g/mol. The highest BCUT2D eigenvalue weighted by molar-refractivity contribution is 5.92. The molecule has 4 aromatic carbocycles. The summed E-state index contributed by atoms with van der Waals surface area (Å²) in [5.41, 5.74) is 6.50. The second-order valence-electron chi connectivity index (χ2n) is 13.3. The van der Waals surface area contributed by atoms with Crippen molar-refractivity contribution in [2.24, 2.45) is 7.05 Å². The van der Waals surface area contributed by atoms with Crippen molar-refractivity contribution in [2.75, 3.05) is 0 Å². The van der Waals surface area contributed by atoms with Gasteiger partial charge in [-0.1, -0.05) is 55.0 Å². The molecule has 2 fully saturated rings. The van der Waals surface area contributed by atoms with E-state index in [1.807, 2.05) is 54.4 Å². The minimum Gasteiger partial charge on any atom is -0.392 e. The molecule has 0 bridgehead atoms. The van der Waals surface area contributed by atoms with Gasteiger partial charge in [0.1, 0.15) is 17.3 Å². The third-order valence-electron chi connectivity index (χ3n) is 9.66. The number of halogens is 2. The maximum absolute atomic E-state index is 14.5. The molecule has 2 saturated carbocycles. The number of aromatic nitrogens is 2. The first kappa shape index (κ1) is 35.1. The van der Waals surface area contributed by atoms with E-state index >= 15 is 0 Å². The number of nitrogens with zero attached hydrogens (tertiary/aromatic N) is 3. The first-order valence-electron chi connectivity index (χ1n) is 17.3. The molecule has 1 aromatic heterocycles. The zero-order valence-corrected chi connectivity index (χ0v) is 28.4. The maximum Gasteiger partial charge on any atom is 0.274 e. The number of carbonyl (C=O) groups excluding carboxylic acids is 1. The van der Waals surface area contributed by atoms with Gasteiger partial charge in [0.25, 0.3) is 5.91 Å². The Hall–Kier alpha value is -4.70. The molecule has 7 nitrogen and oxygen atoms in total. The van der Waals surface area contributed by atoms with Crippen LogP contribution >= 0.6 is 0 Å². The summed E-state index contributed by atoms with van der Waals surface area (Å²) in [5, 5.41) is 22.1. The summed E-state index contributed by atoms with van der Waals surface area (Å²) < 4.78 is 30.4. The molecule has 0 radical (unpaired) electrons. The average Bonchev–Trinajstić information content (AvgIpc) is 3.54. The molecule has 0 aliphatic heterocycles. The molecular formula is C41H44F2N4O3. The summed E-state index contributed by atoms with van der Waals surface area (Å²) in [4.78, 5) is 19.1. The normalized spacial score (nSPS) is 14.3. The summed E-state index contributed by atoms with van der Waals surface area (Å²) in [6.07, 6.45) is 10.2. The Kier molecular flexibility index (Phi) is 11.5. The average molecular weight is 679 g/mol. The van der Waals surface area contributed by atoms with Crippen LogP contribution in [0, 0.1) is 11.6 Å². The molecule has 0 unspecified atom stereocenters. The molecule has 50 heavy (non-hydrogen) atoms. The van der Waals surface area contributed by atoms with Crippen molar-refractivity contribution >= 4 is 5.91 Å². The Labute approximate surface area is 292 Å². The van der Waals surface area contributed by atoms with Gasteiger partial charge in [0.2, 0.25) is 0 Å². The van der Waals surface area contributed by atoms with E-state index in [1.165, 1.54) is 31.4 Å². The third-order valence-corrected chi connectivity index (χ3v) is 9.66. The van der Waals surface area contributed by atoms with Gasteiger partial charge in [0.15, 0.2) is 0 Å². The molecule has 1 amide bonds. The molecule has 0 atom stereocenters. The van der Waals surface area contributed by atoms with Gasteiger partial charge in [-0.2, -0.15) is 0 Å². The summed E-state index contributed by atoms with van der Waals surface area (Å²) in [5.74, 6) is -0.643. The van der Waals surface area contributed by atoms with Gasteiger partial charge >= 0.3 is 0 Å². The van der Waals surface area contributed by atoms with Gasteiger partial charge in [-0.3, -0.25) is 4.79 Å². The molecule has 2 aliphatic rings. The second kappa shape index (κ2) is 16.3. The Bertz CT molecular complexity index is 1920. The molecule has 0 saturated heterocycles. The summed E-state index contributed by atoms with van der Waals surface area (Å²) in [6.45, 7) is 1.06. The summed E-state index contributed by atoms with van der Waals surface area (Å²) in [6, 6.07) is 25.6. The van der Waals surface area contributed by atoms with Crippen molar-refractivity contribution in [1.29, 1.82) is 0 Å². The summed E-state index contributed by atoms with van der Waals surface area (Å²) in [7, 11) is 1.84. The van der Waals surface area contributed by atoms with Gasteiger partial charge in [0.05, 0.1) is 19.5 Å². The molecule has 9 heteroatoms. The van der Waals surface area contributed by atoms with E-state index in [9.17, 15) is 23.8 Å². The molecule has 2 aliphatic carbocycles. The highest BCUT2D eigenvalue weighted by atomic mass is 19.1. The van der Waals surface area contributed by atoms with Crippen molar-refractivity contribution in [3.63, 3.8) is 0 Å². The topological polar surface area (TPSA) is 90.6 Å². The van der Waals surface area contributed by atoms with Crippen LogP contribution in [0.15, 0.2) is 97.5 Å². The van der Waals surface area contributed by atoms with E-state index in [0.29, 0.717) is 35.0 Å². The fourth-order valence-corrected chi connectivity index (χ4v) is 6.28. The molecular weight excluding hydrogens is 634 g/mol. The van der Waals surface area contributed by atoms with Crippen molar-refractivity contribution in [2.45, 2.75) is 76.9 Å². The lowest BCUT2D eigenvalue weighted by atomic mass is 9.90. The van der Waals surface area contributed by atoms with E-state index in [-0.39, 0.29) is 36.8 Å². The number of benzene rings is 4. The number of rotatable bonds is 11. The maximum atomic E-state index is 14.5. The standard InChI is InChI=1S/C23H24FN3O2.C18H20FNO/c1-26-13-22(25-15-26)23(29)27(19-6-3-7-19)12-16-8-9-21(24)20(11-16)18-5-2-4-17(10-18)14-28;19-18-8-7-13(11-20-16-5-2-6-16)10-17(18)15-4-1-3-14(9-15)12-21/h2,4-5,8-11,13,15,19,28H,3,6-7,12,14H2,1H3;1,3-4,7-10,16,20-21H,2,5-6,11-12H2. The first-order chi connectivity index (χ1) is 24.3. The van der Waals surface area contributed by atoms with E-state index < -0.39 is 0 Å². The predicted octanol–water partition coefficient (Wildman–Crippen LogP) is 7.54. The Morgan fingerprint density at radius 1 is 0.800 bits per heavy atom. The van der Waals surface area contributed by atoms with Crippen LogP contribution in [0.2, 0.25) is 0 Å². The zero-order valence-electron chi connectivity index (χ0n) is 28.4. The van der Waals surface area contributed by atoms with Gasteiger partial charge in [-0.05, 0) is 102 Å². The van der Waals surface area contributed by atoms with Crippen LogP contribution < -0.4 is 5.32 Å². The quantitative estimate of drug-likeness (QED) is 0.134. The number of hydrogen-bond donors (Lipinski definition) is 3. The van der Waals surface area contributed by atoms with Crippen molar-refractivity contribution in [3.05, 3.63) is 137 Å². The number of carbonyl (C=O) groups is 1. The molecule has 260 valence electrons. The van der Waals surface area contributed by atoms with E-state index in [1.54, 1.807) is 47.4 Å². The van der Waals surface area contributed by atoms with Gasteiger partial charge in [-0.25, -0.2) is 13.8 Å². The highest BCUT2D eigenvalue weighted by Crippen LogP contribution is 2.30. The number of aryl methyl sites for hydroxylation is 1. The largest absolute Gasteiger partial charge is 0.392 e. The predicted molar refractivity (Wildman–Crippen MR) is 191 cm³/mol. The minimum absolute atomic E-state index is 0.0294. The number of aliphatic hydroxyl groups is 2. The van der Waals surface area contributed by atoms with Crippen LogP contribution in [0.3, 0.4) is 0 Å².